The summed E-state index contributed by atoms with van der Waals surface area (Å²) < 4.78 is 0.345. The van der Waals surface area contributed by atoms with E-state index in [-0.39, 0.29) is 5.75 Å². The van der Waals surface area contributed by atoms with Crippen molar-refractivity contribution in [3.05, 3.63) is 29.0 Å². The number of aromatic nitrogens is 1. The van der Waals surface area contributed by atoms with E-state index in [1.165, 1.54) is 0 Å². The number of pyridine rings is 1. The molecule has 0 aliphatic rings. The van der Waals surface area contributed by atoms with Crippen LogP contribution in [-0.4, -0.2) is 10.1 Å². The number of aromatic amines is 1. The van der Waals surface area contributed by atoms with E-state index in [1.807, 2.05) is 0 Å². The molecule has 3 heteroatoms. The molecule has 0 atom stereocenters. The summed E-state index contributed by atoms with van der Waals surface area (Å²) in [6.45, 7) is 3.51. The van der Waals surface area contributed by atoms with E-state index in [9.17, 15) is 5.11 Å². The molecule has 2 N–H and O–H groups in total. The van der Waals surface area contributed by atoms with Crippen LogP contribution in [0, 0.1) is 4.64 Å². The van der Waals surface area contributed by atoms with Crippen LogP contribution in [0.25, 0.3) is 6.08 Å². The summed E-state index contributed by atoms with van der Waals surface area (Å²) in [5.74, 6) is 0.0903. The molecule has 0 amide bonds. The zero-order valence-corrected chi connectivity index (χ0v) is 6.11. The first-order valence-corrected chi connectivity index (χ1v) is 3.19. The lowest BCUT2D eigenvalue weighted by Gasteiger charge is -1.95. The van der Waals surface area contributed by atoms with Crippen LogP contribution in [-0.2, 0) is 0 Å². The van der Waals surface area contributed by atoms with Gasteiger partial charge in [0, 0.05) is 11.8 Å². The van der Waals surface area contributed by atoms with E-state index >= 15 is 0 Å². The highest BCUT2D eigenvalue weighted by molar-refractivity contribution is 7.71. The fraction of sp³-hybridized carbons (Fsp3) is 0. The maximum absolute atomic E-state index is 9.19. The minimum atomic E-state index is 0.0903. The van der Waals surface area contributed by atoms with Crippen LogP contribution in [0.3, 0.4) is 0 Å². The van der Waals surface area contributed by atoms with Crippen molar-refractivity contribution in [1.29, 1.82) is 0 Å². The van der Waals surface area contributed by atoms with Gasteiger partial charge in [0.1, 0.15) is 4.64 Å². The van der Waals surface area contributed by atoms with Gasteiger partial charge in [-0.2, -0.15) is 0 Å². The van der Waals surface area contributed by atoms with Gasteiger partial charge in [-0.25, -0.2) is 0 Å². The van der Waals surface area contributed by atoms with Gasteiger partial charge in [0.25, 0.3) is 0 Å². The summed E-state index contributed by atoms with van der Waals surface area (Å²) >= 11 is 4.75. The molecule has 0 spiro atoms. The Kier molecular flexibility index (Phi) is 1.87. The molecule has 0 aliphatic heterocycles. The molecule has 0 saturated carbocycles. The van der Waals surface area contributed by atoms with Crippen molar-refractivity contribution in [2.45, 2.75) is 0 Å². The zero-order chi connectivity index (χ0) is 7.56. The second kappa shape index (κ2) is 2.66. The molecule has 0 fully saturated rings. The number of nitrogens with one attached hydrogen (secondary N) is 1. The van der Waals surface area contributed by atoms with Gasteiger partial charge in [-0.1, -0.05) is 24.9 Å². The third-order valence-electron chi connectivity index (χ3n) is 1.19. The summed E-state index contributed by atoms with van der Waals surface area (Å²) in [6, 6.07) is 1.71. The molecule has 0 saturated heterocycles. The Morgan fingerprint density at radius 2 is 2.40 bits per heavy atom. The van der Waals surface area contributed by atoms with Crippen molar-refractivity contribution >= 4 is 18.3 Å². The number of rotatable bonds is 1. The van der Waals surface area contributed by atoms with Gasteiger partial charge >= 0.3 is 0 Å². The van der Waals surface area contributed by atoms with Crippen LogP contribution >= 0.6 is 12.2 Å². The topological polar surface area (TPSA) is 36.0 Å². The lowest BCUT2D eigenvalue weighted by atomic mass is 10.2. The number of hydrogen-bond acceptors (Lipinski definition) is 2. The molecule has 0 bridgehead atoms. The van der Waals surface area contributed by atoms with Crippen molar-refractivity contribution < 1.29 is 5.11 Å². The first-order chi connectivity index (χ1) is 4.75. The zero-order valence-electron chi connectivity index (χ0n) is 5.29. The molecule has 0 aliphatic carbocycles. The molecule has 0 radical (unpaired) electrons. The van der Waals surface area contributed by atoms with Crippen LogP contribution in [0.5, 0.6) is 5.75 Å². The van der Waals surface area contributed by atoms with Gasteiger partial charge in [0.15, 0.2) is 5.75 Å². The standard InChI is InChI=1S/C7H7NOS/c1-2-5-3-4-8-7(10)6(5)9/h2-4,9H,1H2,(H,8,10). The molecule has 1 rings (SSSR count). The van der Waals surface area contributed by atoms with E-state index in [0.717, 1.165) is 0 Å². The Morgan fingerprint density at radius 3 is 2.90 bits per heavy atom. The van der Waals surface area contributed by atoms with E-state index < -0.39 is 0 Å². The summed E-state index contributed by atoms with van der Waals surface area (Å²) in [5, 5.41) is 9.19. The van der Waals surface area contributed by atoms with Crippen molar-refractivity contribution in [3.8, 4) is 5.75 Å². The molecule has 52 valence electrons. The second-order valence-corrected chi connectivity index (χ2v) is 2.22. The van der Waals surface area contributed by atoms with E-state index in [2.05, 4.69) is 11.6 Å². The number of H-pyrrole nitrogens is 1. The molecule has 2 nitrogen and oxygen atoms in total. The Morgan fingerprint density at radius 1 is 1.70 bits per heavy atom. The summed E-state index contributed by atoms with van der Waals surface area (Å²) in [7, 11) is 0. The highest BCUT2D eigenvalue weighted by atomic mass is 32.1. The predicted molar refractivity (Wildman–Crippen MR) is 43.4 cm³/mol. The van der Waals surface area contributed by atoms with Gasteiger partial charge < -0.3 is 10.1 Å². The summed E-state index contributed by atoms with van der Waals surface area (Å²) in [5.41, 5.74) is 0.656. The minimum absolute atomic E-state index is 0.0903. The summed E-state index contributed by atoms with van der Waals surface area (Å²) in [4.78, 5) is 2.69. The van der Waals surface area contributed by atoms with Crippen molar-refractivity contribution in [1.82, 2.24) is 4.98 Å². The minimum Gasteiger partial charge on any atom is -0.504 e. The van der Waals surface area contributed by atoms with E-state index in [0.29, 0.717) is 10.2 Å². The van der Waals surface area contributed by atoms with Crippen LogP contribution < -0.4 is 0 Å². The normalized spacial score (nSPS) is 9.20. The third kappa shape index (κ3) is 1.09. The molecule has 10 heavy (non-hydrogen) atoms. The fourth-order valence-corrected chi connectivity index (χ4v) is 0.836. The number of aromatic hydroxyl groups is 1. The highest BCUT2D eigenvalue weighted by Gasteiger charge is 1.95. The van der Waals surface area contributed by atoms with Crippen LogP contribution in [0.4, 0.5) is 0 Å². The molecule has 0 unspecified atom stereocenters. The first kappa shape index (κ1) is 7.02. The Bertz CT molecular complexity index is 303. The van der Waals surface area contributed by atoms with Gasteiger partial charge in [-0.3, -0.25) is 0 Å². The third-order valence-corrected chi connectivity index (χ3v) is 1.50. The maximum atomic E-state index is 9.19. The van der Waals surface area contributed by atoms with Crippen molar-refractivity contribution in [2.24, 2.45) is 0 Å². The lowest BCUT2D eigenvalue weighted by molar-refractivity contribution is 0.469. The van der Waals surface area contributed by atoms with Crippen LogP contribution in [0.15, 0.2) is 18.8 Å². The van der Waals surface area contributed by atoms with Crippen molar-refractivity contribution in [2.75, 3.05) is 0 Å². The van der Waals surface area contributed by atoms with Crippen LogP contribution in [0.1, 0.15) is 5.56 Å². The number of hydrogen-bond donors (Lipinski definition) is 2. The second-order valence-electron chi connectivity index (χ2n) is 1.81. The lowest BCUT2D eigenvalue weighted by Crippen LogP contribution is -1.77. The largest absolute Gasteiger partial charge is 0.504 e. The van der Waals surface area contributed by atoms with Gasteiger partial charge in [-0.15, -0.1) is 0 Å². The van der Waals surface area contributed by atoms with Gasteiger partial charge in [0.2, 0.25) is 0 Å². The fourth-order valence-electron chi connectivity index (χ4n) is 0.650. The molecule has 1 aromatic heterocycles. The SMILES string of the molecule is C=Cc1cc[nH]c(=S)c1O. The smallest absolute Gasteiger partial charge is 0.157 e. The molecule has 1 aromatic rings. The van der Waals surface area contributed by atoms with Crippen molar-refractivity contribution in [3.63, 3.8) is 0 Å². The monoisotopic (exact) mass is 153 g/mol. The molecule has 0 aromatic carbocycles. The molecule has 1 heterocycles. The Hall–Kier alpha value is -1.09. The summed E-state index contributed by atoms with van der Waals surface area (Å²) in [6.07, 6.45) is 3.22. The average molecular weight is 153 g/mol. The quantitative estimate of drug-likeness (QED) is 0.606. The van der Waals surface area contributed by atoms with E-state index in [1.54, 1.807) is 18.3 Å². The Balaban J connectivity index is 3.41. The maximum Gasteiger partial charge on any atom is 0.157 e. The molecular weight excluding hydrogens is 146 g/mol. The highest BCUT2D eigenvalue weighted by Crippen LogP contribution is 2.16. The average Bonchev–Trinajstić information content (AvgIpc) is 1.95. The molecular formula is C7H7NOS. The van der Waals surface area contributed by atoms with Gasteiger partial charge in [0.05, 0.1) is 0 Å². The van der Waals surface area contributed by atoms with Gasteiger partial charge in [-0.05, 0) is 6.07 Å². The first-order valence-electron chi connectivity index (χ1n) is 2.79. The Labute approximate surface area is 63.8 Å². The van der Waals surface area contributed by atoms with Crippen LogP contribution in [0.2, 0.25) is 0 Å². The van der Waals surface area contributed by atoms with E-state index in [4.69, 9.17) is 12.2 Å². The predicted octanol–water partition coefficient (Wildman–Crippen LogP) is 2.09.